The first-order chi connectivity index (χ1) is 12.1. The Kier molecular flexibility index (Phi) is 6.76. The van der Waals surface area contributed by atoms with Crippen LogP contribution in [0.3, 0.4) is 0 Å². The summed E-state index contributed by atoms with van der Waals surface area (Å²) in [5, 5.41) is 13.8. The van der Waals surface area contributed by atoms with Crippen LogP contribution in [-0.4, -0.2) is 43.4 Å². The highest BCUT2D eigenvalue weighted by Crippen LogP contribution is 2.27. The van der Waals surface area contributed by atoms with Gasteiger partial charge in [-0.3, -0.25) is 4.79 Å². The molecule has 0 saturated carbocycles. The lowest BCUT2D eigenvalue weighted by molar-refractivity contribution is -0.116. The molecule has 7 nitrogen and oxygen atoms in total. The molecule has 25 heavy (non-hydrogen) atoms. The van der Waals surface area contributed by atoms with Crippen LogP contribution in [0.1, 0.15) is 11.3 Å². The molecule has 0 unspecified atom stereocenters. The highest BCUT2D eigenvalue weighted by Gasteiger charge is 2.03. The van der Waals surface area contributed by atoms with Crippen molar-refractivity contribution in [1.82, 2.24) is 15.5 Å². The predicted molar refractivity (Wildman–Crippen MR) is 96.8 cm³/mol. The number of hydrogen-bond donors (Lipinski definition) is 2. The van der Waals surface area contributed by atoms with Crippen molar-refractivity contribution in [2.75, 3.05) is 32.6 Å². The molecule has 1 amide bonds. The maximum Gasteiger partial charge on any atom is 0.244 e. The van der Waals surface area contributed by atoms with Crippen LogP contribution in [0.15, 0.2) is 36.4 Å². The number of methoxy groups -OCH3 is 2. The first kappa shape index (κ1) is 18.3. The number of aryl methyl sites for hydroxylation is 1. The fraction of sp³-hybridized carbons (Fsp3) is 0.278. The van der Waals surface area contributed by atoms with Crippen LogP contribution in [0.25, 0.3) is 6.08 Å². The number of nitrogens with zero attached hydrogens (tertiary/aromatic N) is 2. The largest absolute Gasteiger partial charge is 0.493 e. The van der Waals surface area contributed by atoms with E-state index in [1.54, 1.807) is 32.4 Å². The molecular weight excluding hydrogens is 320 g/mol. The topological polar surface area (TPSA) is 85.4 Å². The van der Waals surface area contributed by atoms with Crippen LogP contribution in [0.5, 0.6) is 11.5 Å². The van der Waals surface area contributed by atoms with Gasteiger partial charge in [-0.05, 0) is 42.8 Å². The third-order valence-electron chi connectivity index (χ3n) is 3.36. The van der Waals surface area contributed by atoms with Crippen LogP contribution in [0.4, 0.5) is 5.82 Å². The van der Waals surface area contributed by atoms with Crippen molar-refractivity contribution in [3.8, 4) is 11.5 Å². The first-order valence-electron chi connectivity index (χ1n) is 7.84. The highest BCUT2D eigenvalue weighted by atomic mass is 16.5. The smallest absolute Gasteiger partial charge is 0.244 e. The standard InChI is InChI=1S/C18H22N4O3/c1-13-4-8-17(22-21-13)19-10-11-20-18(23)9-6-14-5-7-15(24-2)16(12-14)25-3/h4-9,12H,10-11H2,1-3H3,(H,19,22)(H,20,23). The number of nitrogens with one attached hydrogen (secondary N) is 2. The summed E-state index contributed by atoms with van der Waals surface area (Å²) in [6, 6.07) is 9.17. The summed E-state index contributed by atoms with van der Waals surface area (Å²) in [5.74, 6) is 1.77. The molecule has 2 rings (SSSR count). The van der Waals surface area contributed by atoms with Gasteiger partial charge in [-0.2, -0.15) is 5.10 Å². The number of carbonyl (C=O) groups excluding carboxylic acids is 1. The number of benzene rings is 1. The molecule has 0 spiro atoms. The van der Waals surface area contributed by atoms with Gasteiger partial charge in [-0.25, -0.2) is 0 Å². The van der Waals surface area contributed by atoms with E-state index in [-0.39, 0.29) is 5.91 Å². The van der Waals surface area contributed by atoms with E-state index in [0.29, 0.717) is 30.4 Å². The molecule has 132 valence electrons. The van der Waals surface area contributed by atoms with Crippen molar-refractivity contribution in [2.24, 2.45) is 0 Å². The van der Waals surface area contributed by atoms with Crippen molar-refractivity contribution in [3.05, 3.63) is 47.7 Å². The number of anilines is 1. The molecule has 1 aromatic carbocycles. The zero-order valence-electron chi connectivity index (χ0n) is 14.6. The second-order valence-corrected chi connectivity index (χ2v) is 5.23. The Balaban J connectivity index is 1.77. The number of rotatable bonds is 8. The molecule has 0 atom stereocenters. The number of hydrogen-bond acceptors (Lipinski definition) is 6. The highest BCUT2D eigenvalue weighted by molar-refractivity contribution is 5.91. The predicted octanol–water partition coefficient (Wildman–Crippen LogP) is 2.04. The summed E-state index contributed by atoms with van der Waals surface area (Å²) in [6.45, 7) is 2.92. The zero-order chi connectivity index (χ0) is 18.1. The Morgan fingerprint density at radius 2 is 1.88 bits per heavy atom. The minimum Gasteiger partial charge on any atom is -0.493 e. The average Bonchev–Trinajstić information content (AvgIpc) is 2.64. The van der Waals surface area contributed by atoms with Crippen LogP contribution >= 0.6 is 0 Å². The van der Waals surface area contributed by atoms with Crippen molar-refractivity contribution >= 4 is 17.8 Å². The van der Waals surface area contributed by atoms with Crippen LogP contribution in [0, 0.1) is 6.92 Å². The Hall–Kier alpha value is -3.09. The minimum atomic E-state index is -0.174. The molecule has 0 aliphatic carbocycles. The quantitative estimate of drug-likeness (QED) is 0.564. The molecule has 0 bridgehead atoms. The van der Waals surface area contributed by atoms with Crippen molar-refractivity contribution < 1.29 is 14.3 Å². The van der Waals surface area contributed by atoms with E-state index in [0.717, 1.165) is 11.3 Å². The van der Waals surface area contributed by atoms with Gasteiger partial charge in [-0.1, -0.05) is 6.07 Å². The number of aromatic nitrogens is 2. The molecule has 7 heteroatoms. The van der Waals surface area contributed by atoms with E-state index in [9.17, 15) is 4.79 Å². The van der Waals surface area contributed by atoms with E-state index in [4.69, 9.17) is 9.47 Å². The fourth-order valence-corrected chi connectivity index (χ4v) is 2.06. The maximum atomic E-state index is 11.8. The third kappa shape index (κ3) is 5.80. The van der Waals surface area contributed by atoms with Gasteiger partial charge in [0.15, 0.2) is 11.5 Å². The number of ether oxygens (including phenoxy) is 2. The van der Waals surface area contributed by atoms with Gasteiger partial charge in [-0.15, -0.1) is 5.10 Å². The van der Waals surface area contributed by atoms with E-state index >= 15 is 0 Å². The Labute approximate surface area is 147 Å². The van der Waals surface area contributed by atoms with Gasteiger partial charge in [0.05, 0.1) is 19.9 Å². The van der Waals surface area contributed by atoms with Gasteiger partial charge in [0.2, 0.25) is 5.91 Å². The molecule has 0 fully saturated rings. The van der Waals surface area contributed by atoms with E-state index in [1.165, 1.54) is 6.08 Å². The van der Waals surface area contributed by atoms with Crippen LogP contribution < -0.4 is 20.1 Å². The molecule has 0 radical (unpaired) electrons. The van der Waals surface area contributed by atoms with Gasteiger partial charge in [0.25, 0.3) is 0 Å². The van der Waals surface area contributed by atoms with Gasteiger partial charge < -0.3 is 20.1 Å². The first-order valence-corrected chi connectivity index (χ1v) is 7.84. The number of carbonyl (C=O) groups is 1. The summed E-state index contributed by atoms with van der Waals surface area (Å²) in [6.07, 6.45) is 3.20. The Morgan fingerprint density at radius 3 is 2.56 bits per heavy atom. The van der Waals surface area contributed by atoms with Gasteiger partial charge in [0, 0.05) is 19.2 Å². The summed E-state index contributed by atoms with van der Waals surface area (Å²) >= 11 is 0. The second kappa shape index (κ2) is 9.27. The molecule has 2 aromatic rings. The molecule has 1 heterocycles. The number of amides is 1. The molecular formula is C18H22N4O3. The summed E-state index contributed by atoms with van der Waals surface area (Å²) < 4.78 is 10.4. The molecule has 2 N–H and O–H groups in total. The molecule has 1 aromatic heterocycles. The summed E-state index contributed by atoms with van der Waals surface area (Å²) in [4.78, 5) is 11.8. The Morgan fingerprint density at radius 1 is 1.08 bits per heavy atom. The van der Waals surface area contributed by atoms with Gasteiger partial charge in [0.1, 0.15) is 5.82 Å². The molecule has 0 aliphatic rings. The lowest BCUT2D eigenvalue weighted by Crippen LogP contribution is -2.27. The van der Waals surface area contributed by atoms with Gasteiger partial charge >= 0.3 is 0 Å². The normalized spacial score (nSPS) is 10.5. The average molecular weight is 342 g/mol. The molecule has 0 saturated heterocycles. The molecule has 0 aliphatic heterocycles. The lowest BCUT2D eigenvalue weighted by Gasteiger charge is -2.07. The lowest BCUT2D eigenvalue weighted by atomic mass is 10.2. The summed E-state index contributed by atoms with van der Waals surface area (Å²) in [7, 11) is 3.15. The van der Waals surface area contributed by atoms with Crippen molar-refractivity contribution in [3.63, 3.8) is 0 Å². The van der Waals surface area contributed by atoms with Crippen molar-refractivity contribution in [1.29, 1.82) is 0 Å². The zero-order valence-corrected chi connectivity index (χ0v) is 14.6. The third-order valence-corrected chi connectivity index (χ3v) is 3.36. The monoisotopic (exact) mass is 342 g/mol. The van der Waals surface area contributed by atoms with E-state index in [1.807, 2.05) is 25.1 Å². The Bertz CT molecular complexity index is 730. The summed E-state index contributed by atoms with van der Waals surface area (Å²) in [5.41, 5.74) is 1.71. The van der Waals surface area contributed by atoms with Crippen LogP contribution in [-0.2, 0) is 4.79 Å². The van der Waals surface area contributed by atoms with E-state index < -0.39 is 0 Å². The maximum absolute atomic E-state index is 11.8. The SMILES string of the molecule is COc1ccc(C=CC(=O)NCCNc2ccc(C)nn2)cc1OC. The van der Waals surface area contributed by atoms with Crippen LogP contribution in [0.2, 0.25) is 0 Å². The van der Waals surface area contributed by atoms with Crippen molar-refractivity contribution in [2.45, 2.75) is 6.92 Å². The second-order valence-electron chi connectivity index (χ2n) is 5.23. The minimum absolute atomic E-state index is 0.174. The fourth-order valence-electron chi connectivity index (χ4n) is 2.06. The van der Waals surface area contributed by atoms with E-state index in [2.05, 4.69) is 20.8 Å².